The molecular weight excluding hydrogens is 490 g/mol. The minimum absolute atomic E-state index is 0.0532. The molecule has 1 unspecified atom stereocenters. The van der Waals surface area contributed by atoms with E-state index in [-0.39, 0.29) is 22.7 Å². The van der Waals surface area contributed by atoms with Crippen LogP contribution >= 0.6 is 19.9 Å². The van der Waals surface area contributed by atoms with E-state index in [4.69, 9.17) is 15.5 Å². The number of nitrogens with zero attached hydrogens (tertiary/aromatic N) is 4. The standard InChI is InChI=1S/C21H25F3N5O3PS/c22-21(23,24)17-9-14(19-27-28-20(34-19)18(25)12-32-33(30)31)5-6-16(17)15-10-26-29(11-15)8-7-13-3-1-2-4-13/h5-6,9-11,13,18,30-31H,1-4,7-8,12,25H2. The summed E-state index contributed by atoms with van der Waals surface area (Å²) in [5.41, 5.74) is 5.82. The summed E-state index contributed by atoms with van der Waals surface area (Å²) < 4.78 is 48.3. The van der Waals surface area contributed by atoms with E-state index < -0.39 is 26.4 Å². The van der Waals surface area contributed by atoms with E-state index in [2.05, 4.69) is 19.8 Å². The first-order valence-electron chi connectivity index (χ1n) is 10.8. The maximum absolute atomic E-state index is 14.0. The first kappa shape index (κ1) is 25.2. The fourth-order valence-electron chi connectivity index (χ4n) is 4.12. The molecule has 0 radical (unpaired) electrons. The molecule has 0 spiro atoms. The number of hydrogen-bond donors (Lipinski definition) is 3. The lowest BCUT2D eigenvalue weighted by Gasteiger charge is -2.13. The molecule has 0 aliphatic heterocycles. The van der Waals surface area contributed by atoms with E-state index in [0.29, 0.717) is 23.0 Å². The summed E-state index contributed by atoms with van der Waals surface area (Å²) in [6.45, 7) is 0.487. The van der Waals surface area contributed by atoms with Crippen LogP contribution in [0.2, 0.25) is 0 Å². The van der Waals surface area contributed by atoms with Gasteiger partial charge in [-0.1, -0.05) is 49.2 Å². The maximum Gasteiger partial charge on any atom is 0.417 e. The molecule has 0 saturated heterocycles. The van der Waals surface area contributed by atoms with Gasteiger partial charge in [0.2, 0.25) is 0 Å². The molecule has 4 N–H and O–H groups in total. The molecule has 0 bridgehead atoms. The van der Waals surface area contributed by atoms with Gasteiger partial charge in [-0.3, -0.25) is 4.68 Å². The third-order valence-electron chi connectivity index (χ3n) is 5.88. The SMILES string of the molecule is NC(COP(O)O)c1nnc(-c2ccc(-c3cnn(CCC4CCCC4)c3)c(C(F)(F)F)c2)s1. The molecule has 1 saturated carbocycles. The second kappa shape index (κ2) is 10.8. The fourth-order valence-corrected chi connectivity index (χ4v) is 5.24. The monoisotopic (exact) mass is 515 g/mol. The van der Waals surface area contributed by atoms with Crippen LogP contribution in [0, 0.1) is 5.92 Å². The molecule has 0 amide bonds. The number of hydrogen-bond acceptors (Lipinski definition) is 8. The molecule has 3 aromatic rings. The van der Waals surface area contributed by atoms with Crippen LogP contribution in [0.4, 0.5) is 13.2 Å². The Bertz CT molecular complexity index is 1100. The Hall–Kier alpha value is -1.95. The Morgan fingerprint density at radius 3 is 2.68 bits per heavy atom. The summed E-state index contributed by atoms with van der Waals surface area (Å²) in [6.07, 6.45) is 4.46. The van der Waals surface area contributed by atoms with Crippen LogP contribution in [-0.4, -0.2) is 36.4 Å². The zero-order valence-electron chi connectivity index (χ0n) is 18.1. The van der Waals surface area contributed by atoms with Crippen molar-refractivity contribution in [3.8, 4) is 21.7 Å². The molecule has 34 heavy (non-hydrogen) atoms. The normalized spacial score (nSPS) is 16.0. The van der Waals surface area contributed by atoms with E-state index in [9.17, 15) is 13.2 Å². The Morgan fingerprint density at radius 1 is 1.21 bits per heavy atom. The number of aryl methyl sites for hydroxylation is 1. The highest BCUT2D eigenvalue weighted by molar-refractivity contribution is 7.39. The lowest BCUT2D eigenvalue weighted by atomic mass is 9.99. The van der Waals surface area contributed by atoms with Gasteiger partial charge in [-0.25, -0.2) is 0 Å². The molecule has 184 valence electrons. The Labute approximate surface area is 199 Å². The predicted octanol–water partition coefficient (Wildman–Crippen LogP) is 4.90. The third kappa shape index (κ3) is 6.18. The summed E-state index contributed by atoms with van der Waals surface area (Å²) in [6, 6.07) is 3.25. The summed E-state index contributed by atoms with van der Waals surface area (Å²) in [5.74, 6) is 0.670. The first-order chi connectivity index (χ1) is 16.2. The Balaban J connectivity index is 1.54. The summed E-state index contributed by atoms with van der Waals surface area (Å²) in [7, 11) is -2.56. The molecule has 1 aromatic carbocycles. The number of rotatable bonds is 9. The second-order valence-corrected chi connectivity index (χ2v) is 10.1. The number of halogens is 3. The minimum Gasteiger partial charge on any atom is -0.328 e. The predicted molar refractivity (Wildman–Crippen MR) is 122 cm³/mol. The average Bonchev–Trinajstić information content (AvgIpc) is 3.56. The van der Waals surface area contributed by atoms with Gasteiger partial charge in [-0.2, -0.15) is 18.3 Å². The van der Waals surface area contributed by atoms with Crippen LogP contribution in [0.25, 0.3) is 21.7 Å². The van der Waals surface area contributed by atoms with Gasteiger partial charge in [0.1, 0.15) is 10.0 Å². The largest absolute Gasteiger partial charge is 0.417 e. The number of aromatic nitrogens is 4. The topological polar surface area (TPSA) is 119 Å². The van der Waals surface area contributed by atoms with Crippen molar-refractivity contribution in [3.63, 3.8) is 0 Å². The highest BCUT2D eigenvalue weighted by atomic mass is 32.1. The van der Waals surface area contributed by atoms with Crippen molar-refractivity contribution >= 4 is 19.9 Å². The zero-order chi connectivity index (χ0) is 24.3. The molecule has 4 rings (SSSR count). The van der Waals surface area contributed by atoms with Crippen molar-refractivity contribution in [1.29, 1.82) is 0 Å². The number of nitrogens with two attached hydrogens (primary N) is 1. The van der Waals surface area contributed by atoms with Crippen LogP contribution in [-0.2, 0) is 17.2 Å². The quantitative estimate of drug-likeness (QED) is 0.347. The maximum atomic E-state index is 14.0. The minimum atomic E-state index is -4.57. The van der Waals surface area contributed by atoms with Crippen LogP contribution in [0.3, 0.4) is 0 Å². The Morgan fingerprint density at radius 2 is 1.97 bits per heavy atom. The van der Waals surface area contributed by atoms with Gasteiger partial charge in [0.25, 0.3) is 0 Å². The average molecular weight is 515 g/mol. The van der Waals surface area contributed by atoms with E-state index in [1.807, 2.05) is 0 Å². The first-order valence-corrected chi connectivity index (χ1v) is 12.8. The van der Waals surface area contributed by atoms with Gasteiger partial charge in [0.05, 0.1) is 24.4 Å². The van der Waals surface area contributed by atoms with E-state index in [0.717, 1.165) is 23.8 Å². The summed E-state index contributed by atoms with van der Waals surface area (Å²) in [5, 5.41) is 12.7. The summed E-state index contributed by atoms with van der Waals surface area (Å²) in [4.78, 5) is 17.7. The zero-order valence-corrected chi connectivity index (χ0v) is 19.9. The van der Waals surface area contributed by atoms with Crippen molar-refractivity contribution in [3.05, 3.63) is 41.2 Å². The summed E-state index contributed by atoms with van der Waals surface area (Å²) >= 11 is 1.02. The van der Waals surface area contributed by atoms with Gasteiger partial charge in [0.15, 0.2) is 0 Å². The van der Waals surface area contributed by atoms with Crippen LogP contribution in [0.1, 0.15) is 48.7 Å². The van der Waals surface area contributed by atoms with Crippen molar-refractivity contribution in [2.24, 2.45) is 11.7 Å². The molecule has 1 fully saturated rings. The smallest absolute Gasteiger partial charge is 0.328 e. The van der Waals surface area contributed by atoms with Crippen molar-refractivity contribution in [2.75, 3.05) is 6.61 Å². The van der Waals surface area contributed by atoms with Gasteiger partial charge in [0, 0.05) is 23.9 Å². The van der Waals surface area contributed by atoms with Gasteiger partial charge in [-0.15, -0.1) is 10.2 Å². The lowest BCUT2D eigenvalue weighted by molar-refractivity contribution is -0.137. The molecular formula is C21H25F3N5O3PS. The van der Waals surface area contributed by atoms with Crippen LogP contribution < -0.4 is 5.73 Å². The van der Waals surface area contributed by atoms with Gasteiger partial charge < -0.3 is 20.0 Å². The Kier molecular flexibility index (Phi) is 7.96. The van der Waals surface area contributed by atoms with Gasteiger partial charge in [-0.05, 0) is 24.0 Å². The lowest BCUT2D eigenvalue weighted by Crippen LogP contribution is -2.15. The molecule has 2 aromatic heterocycles. The third-order valence-corrected chi connectivity index (χ3v) is 7.37. The molecule has 8 nitrogen and oxygen atoms in total. The highest BCUT2D eigenvalue weighted by Crippen LogP contribution is 2.40. The van der Waals surface area contributed by atoms with Crippen molar-refractivity contribution in [1.82, 2.24) is 20.0 Å². The van der Waals surface area contributed by atoms with Crippen LogP contribution in [0.15, 0.2) is 30.6 Å². The van der Waals surface area contributed by atoms with E-state index >= 15 is 0 Å². The molecule has 1 atom stereocenters. The van der Waals surface area contributed by atoms with Crippen LogP contribution in [0.5, 0.6) is 0 Å². The molecule has 1 aliphatic rings. The number of benzene rings is 1. The van der Waals surface area contributed by atoms with Crippen molar-refractivity contribution < 1.29 is 27.5 Å². The van der Waals surface area contributed by atoms with Gasteiger partial charge >= 0.3 is 14.8 Å². The fraction of sp³-hybridized carbons (Fsp3) is 0.476. The second-order valence-electron chi connectivity index (χ2n) is 8.29. The number of alkyl halides is 3. The molecule has 2 heterocycles. The molecule has 1 aliphatic carbocycles. The van der Waals surface area contributed by atoms with Crippen molar-refractivity contribution in [2.45, 2.75) is 50.9 Å². The van der Waals surface area contributed by atoms with E-state index in [1.165, 1.54) is 37.9 Å². The molecule has 13 heteroatoms. The highest BCUT2D eigenvalue weighted by Gasteiger charge is 2.34. The van der Waals surface area contributed by atoms with E-state index in [1.54, 1.807) is 16.9 Å².